The van der Waals surface area contributed by atoms with E-state index in [2.05, 4.69) is 10.3 Å². The lowest BCUT2D eigenvalue weighted by Gasteiger charge is -2.05. The van der Waals surface area contributed by atoms with Gasteiger partial charge < -0.3 is 23.9 Å². The molecule has 0 radical (unpaired) electrons. The molecule has 3 heterocycles. The quantitative estimate of drug-likeness (QED) is 0.734. The van der Waals surface area contributed by atoms with Gasteiger partial charge in [-0.2, -0.15) is 0 Å². The lowest BCUT2D eigenvalue weighted by molar-refractivity contribution is 0.0919. The number of pyridine rings is 1. The molecule has 0 bridgehead atoms. The maximum Gasteiger partial charge on any atom is 0.287 e. The van der Waals surface area contributed by atoms with Crippen molar-refractivity contribution < 1.29 is 23.4 Å². The second-order valence-electron chi connectivity index (χ2n) is 5.61. The highest BCUT2D eigenvalue weighted by molar-refractivity contribution is 5.91. The lowest BCUT2D eigenvalue weighted by Crippen LogP contribution is -2.22. The highest BCUT2D eigenvalue weighted by Crippen LogP contribution is 2.35. The van der Waals surface area contributed by atoms with Crippen molar-refractivity contribution in [1.82, 2.24) is 10.3 Å². The maximum atomic E-state index is 12.1. The monoisotopic (exact) mass is 352 g/mol. The summed E-state index contributed by atoms with van der Waals surface area (Å²) in [6.07, 6.45) is 3.39. The summed E-state index contributed by atoms with van der Waals surface area (Å²) in [5, 5.41) is 2.79. The largest absolute Gasteiger partial charge is 0.486 e. The van der Waals surface area contributed by atoms with E-state index in [0.717, 1.165) is 5.56 Å². The van der Waals surface area contributed by atoms with Crippen LogP contribution in [0.3, 0.4) is 0 Å². The van der Waals surface area contributed by atoms with Gasteiger partial charge in [-0.05, 0) is 35.9 Å². The van der Waals surface area contributed by atoms with Crippen LogP contribution >= 0.6 is 0 Å². The minimum atomic E-state index is -0.289. The first-order chi connectivity index (χ1) is 12.8. The highest BCUT2D eigenvalue weighted by atomic mass is 16.7. The Morgan fingerprint density at radius 2 is 2.08 bits per heavy atom. The van der Waals surface area contributed by atoms with Crippen molar-refractivity contribution in [1.29, 1.82) is 0 Å². The van der Waals surface area contributed by atoms with Crippen LogP contribution in [0.15, 0.2) is 59.3 Å². The third kappa shape index (κ3) is 3.61. The molecule has 0 fully saturated rings. The molecule has 132 valence electrons. The first kappa shape index (κ1) is 16.0. The van der Waals surface area contributed by atoms with Crippen molar-refractivity contribution in [3.63, 3.8) is 0 Å². The zero-order valence-electron chi connectivity index (χ0n) is 13.8. The molecule has 0 aliphatic carbocycles. The molecule has 0 spiro atoms. The number of ether oxygens (including phenoxy) is 3. The molecule has 1 aromatic carbocycles. The van der Waals surface area contributed by atoms with Crippen molar-refractivity contribution in [3.8, 4) is 17.2 Å². The number of nitrogens with zero attached hydrogens (tertiary/aromatic N) is 1. The molecular formula is C19H16N2O5. The Kier molecular flexibility index (Phi) is 4.42. The van der Waals surface area contributed by atoms with Gasteiger partial charge in [0.05, 0.1) is 0 Å². The first-order valence-electron chi connectivity index (χ1n) is 8.06. The SMILES string of the molecule is O=C(NCc1cccnc1)c1ccc(COc2ccc3c(c2)OCO3)o1. The highest BCUT2D eigenvalue weighted by Gasteiger charge is 2.15. The summed E-state index contributed by atoms with van der Waals surface area (Å²) in [7, 11) is 0. The molecule has 3 aromatic rings. The van der Waals surface area contributed by atoms with E-state index >= 15 is 0 Å². The van der Waals surface area contributed by atoms with Crippen LogP contribution in [0.2, 0.25) is 0 Å². The van der Waals surface area contributed by atoms with Crippen LogP contribution < -0.4 is 19.5 Å². The van der Waals surface area contributed by atoms with Crippen LogP contribution in [0, 0.1) is 0 Å². The van der Waals surface area contributed by atoms with Gasteiger partial charge in [-0.3, -0.25) is 9.78 Å². The van der Waals surface area contributed by atoms with E-state index in [4.69, 9.17) is 18.6 Å². The number of amides is 1. The van der Waals surface area contributed by atoms with Crippen molar-refractivity contribution in [2.24, 2.45) is 0 Å². The zero-order valence-corrected chi connectivity index (χ0v) is 13.8. The third-order valence-electron chi connectivity index (χ3n) is 3.79. The fourth-order valence-electron chi connectivity index (χ4n) is 2.47. The molecule has 4 rings (SSSR count). The molecule has 0 saturated carbocycles. The number of carbonyl (C=O) groups excluding carboxylic acids is 1. The normalized spacial score (nSPS) is 12.0. The number of fused-ring (bicyclic) bond motifs is 1. The Morgan fingerprint density at radius 1 is 1.15 bits per heavy atom. The molecule has 1 amide bonds. The van der Waals surface area contributed by atoms with Gasteiger partial charge in [-0.25, -0.2) is 0 Å². The smallest absolute Gasteiger partial charge is 0.287 e. The number of nitrogens with one attached hydrogen (secondary N) is 1. The molecule has 7 nitrogen and oxygen atoms in total. The van der Waals surface area contributed by atoms with E-state index < -0.39 is 0 Å². The standard InChI is InChI=1S/C19H16N2O5/c22-19(21-10-13-2-1-7-20-9-13)17-6-4-15(26-17)11-23-14-3-5-16-18(8-14)25-12-24-16/h1-9H,10-12H2,(H,21,22). The zero-order chi connectivity index (χ0) is 17.8. The summed E-state index contributed by atoms with van der Waals surface area (Å²) >= 11 is 0. The van der Waals surface area contributed by atoms with Gasteiger partial charge in [-0.15, -0.1) is 0 Å². The van der Waals surface area contributed by atoms with Crippen LogP contribution in [0.4, 0.5) is 0 Å². The fraction of sp³-hybridized carbons (Fsp3) is 0.158. The molecule has 26 heavy (non-hydrogen) atoms. The van der Waals surface area contributed by atoms with E-state index in [0.29, 0.717) is 29.6 Å². The van der Waals surface area contributed by atoms with Gasteiger partial charge in [0.25, 0.3) is 5.91 Å². The molecule has 2 aromatic heterocycles. The Morgan fingerprint density at radius 3 is 2.96 bits per heavy atom. The minimum Gasteiger partial charge on any atom is -0.486 e. The molecule has 0 saturated heterocycles. The summed E-state index contributed by atoms with van der Waals surface area (Å²) < 4.78 is 21.8. The summed E-state index contributed by atoms with van der Waals surface area (Å²) in [4.78, 5) is 16.1. The Balaban J connectivity index is 1.32. The number of aromatic nitrogens is 1. The number of hydrogen-bond donors (Lipinski definition) is 1. The summed E-state index contributed by atoms with van der Waals surface area (Å²) in [6, 6.07) is 12.4. The predicted octanol–water partition coefficient (Wildman–Crippen LogP) is 2.91. The van der Waals surface area contributed by atoms with Crippen LogP contribution in [0.5, 0.6) is 17.2 Å². The fourth-order valence-corrected chi connectivity index (χ4v) is 2.47. The van der Waals surface area contributed by atoms with Crippen molar-refractivity contribution in [2.75, 3.05) is 6.79 Å². The van der Waals surface area contributed by atoms with E-state index in [9.17, 15) is 4.79 Å². The van der Waals surface area contributed by atoms with Crippen LogP contribution in [-0.2, 0) is 13.2 Å². The Labute approximate surface area is 149 Å². The number of carbonyl (C=O) groups is 1. The van der Waals surface area contributed by atoms with Gasteiger partial charge in [0.15, 0.2) is 17.3 Å². The van der Waals surface area contributed by atoms with Gasteiger partial charge in [0.2, 0.25) is 6.79 Å². The van der Waals surface area contributed by atoms with E-state index in [1.54, 1.807) is 42.7 Å². The van der Waals surface area contributed by atoms with Gasteiger partial charge in [0.1, 0.15) is 18.1 Å². The average Bonchev–Trinajstić information content (AvgIpc) is 3.34. The maximum absolute atomic E-state index is 12.1. The Bertz CT molecular complexity index is 907. The first-order valence-corrected chi connectivity index (χ1v) is 8.06. The Hall–Kier alpha value is -3.48. The van der Waals surface area contributed by atoms with Crippen molar-refractivity contribution in [2.45, 2.75) is 13.2 Å². The van der Waals surface area contributed by atoms with Crippen LogP contribution in [0.25, 0.3) is 0 Å². The number of furan rings is 1. The lowest BCUT2D eigenvalue weighted by atomic mass is 10.3. The average molecular weight is 352 g/mol. The van der Waals surface area contributed by atoms with Crippen LogP contribution in [-0.4, -0.2) is 17.7 Å². The van der Waals surface area contributed by atoms with E-state index in [1.165, 1.54) is 0 Å². The molecule has 0 unspecified atom stereocenters. The minimum absolute atomic E-state index is 0.204. The van der Waals surface area contributed by atoms with E-state index in [1.807, 2.05) is 12.1 Å². The molecular weight excluding hydrogens is 336 g/mol. The van der Waals surface area contributed by atoms with Crippen molar-refractivity contribution >= 4 is 5.91 Å². The van der Waals surface area contributed by atoms with Gasteiger partial charge in [-0.1, -0.05) is 6.07 Å². The summed E-state index contributed by atoms with van der Waals surface area (Å²) in [5.74, 6) is 2.48. The second-order valence-corrected chi connectivity index (χ2v) is 5.61. The number of rotatable bonds is 6. The molecule has 1 aliphatic rings. The molecule has 1 N–H and O–H groups in total. The van der Waals surface area contributed by atoms with Gasteiger partial charge >= 0.3 is 0 Å². The predicted molar refractivity (Wildman–Crippen MR) is 91.0 cm³/mol. The van der Waals surface area contributed by atoms with Gasteiger partial charge in [0, 0.05) is 25.0 Å². The van der Waals surface area contributed by atoms with E-state index in [-0.39, 0.29) is 25.1 Å². The van der Waals surface area contributed by atoms with Crippen LogP contribution in [0.1, 0.15) is 21.9 Å². The molecule has 1 aliphatic heterocycles. The summed E-state index contributed by atoms with van der Waals surface area (Å²) in [6.45, 7) is 0.806. The summed E-state index contributed by atoms with van der Waals surface area (Å²) in [5.41, 5.74) is 0.916. The number of benzene rings is 1. The number of hydrogen-bond acceptors (Lipinski definition) is 6. The van der Waals surface area contributed by atoms with Crippen molar-refractivity contribution in [3.05, 3.63) is 71.9 Å². The molecule has 7 heteroatoms. The topological polar surface area (TPSA) is 82.8 Å². The third-order valence-corrected chi connectivity index (χ3v) is 3.79. The second kappa shape index (κ2) is 7.18. The molecule has 0 atom stereocenters.